The van der Waals surface area contributed by atoms with E-state index in [1.807, 2.05) is 37.3 Å². The zero-order valence-corrected chi connectivity index (χ0v) is 16.5. The standard InChI is InChI=1S/C19H21ClN2O4S/c1-14(15-5-3-2-4-6-15)21-19(23)17-13-16(7-8-18(17)20)27(24,25)22-9-11-26-12-10-22/h2-8,13-14H,9-12H2,1H3,(H,21,23)/t14-/m0/s1. The van der Waals surface area contributed by atoms with Crippen molar-refractivity contribution in [3.63, 3.8) is 0 Å². The Morgan fingerprint density at radius 3 is 2.48 bits per heavy atom. The molecule has 2 aromatic rings. The number of rotatable bonds is 5. The molecule has 1 saturated heterocycles. The van der Waals surface area contributed by atoms with Gasteiger partial charge in [0.15, 0.2) is 0 Å². The molecule has 0 aliphatic carbocycles. The Balaban J connectivity index is 1.83. The van der Waals surface area contributed by atoms with Gasteiger partial charge in [-0.05, 0) is 30.7 Å². The van der Waals surface area contributed by atoms with E-state index < -0.39 is 15.9 Å². The fourth-order valence-electron chi connectivity index (χ4n) is 2.87. The van der Waals surface area contributed by atoms with Crippen molar-refractivity contribution >= 4 is 27.5 Å². The predicted octanol–water partition coefficient (Wildman–Crippen LogP) is 2.85. The second kappa shape index (κ2) is 8.39. The highest BCUT2D eigenvalue weighted by molar-refractivity contribution is 7.89. The average molecular weight is 409 g/mol. The molecule has 0 aromatic heterocycles. The van der Waals surface area contributed by atoms with Crippen molar-refractivity contribution in [1.29, 1.82) is 0 Å². The predicted molar refractivity (Wildman–Crippen MR) is 103 cm³/mol. The second-order valence-corrected chi connectivity index (χ2v) is 8.61. The number of benzene rings is 2. The van der Waals surface area contributed by atoms with E-state index in [-0.39, 0.29) is 34.6 Å². The lowest BCUT2D eigenvalue weighted by molar-refractivity contribution is 0.0730. The highest BCUT2D eigenvalue weighted by Crippen LogP contribution is 2.24. The van der Waals surface area contributed by atoms with Crippen LogP contribution in [0.15, 0.2) is 53.4 Å². The van der Waals surface area contributed by atoms with Crippen LogP contribution < -0.4 is 5.32 Å². The number of hydrogen-bond acceptors (Lipinski definition) is 4. The number of sulfonamides is 1. The van der Waals surface area contributed by atoms with E-state index in [0.29, 0.717) is 13.2 Å². The van der Waals surface area contributed by atoms with Crippen molar-refractivity contribution in [2.75, 3.05) is 26.3 Å². The van der Waals surface area contributed by atoms with Gasteiger partial charge in [-0.1, -0.05) is 41.9 Å². The summed E-state index contributed by atoms with van der Waals surface area (Å²) >= 11 is 6.17. The van der Waals surface area contributed by atoms with Crippen LogP contribution in [-0.2, 0) is 14.8 Å². The maximum atomic E-state index is 12.8. The van der Waals surface area contributed by atoms with Crippen LogP contribution in [0.5, 0.6) is 0 Å². The Morgan fingerprint density at radius 1 is 1.15 bits per heavy atom. The fourth-order valence-corrected chi connectivity index (χ4v) is 4.51. The summed E-state index contributed by atoms with van der Waals surface area (Å²) in [5.41, 5.74) is 1.08. The summed E-state index contributed by atoms with van der Waals surface area (Å²) in [6, 6.07) is 13.4. The van der Waals surface area contributed by atoms with Crippen molar-refractivity contribution in [1.82, 2.24) is 9.62 Å². The van der Waals surface area contributed by atoms with E-state index >= 15 is 0 Å². The van der Waals surface area contributed by atoms with Crippen molar-refractivity contribution in [2.24, 2.45) is 0 Å². The first-order valence-corrected chi connectivity index (χ1v) is 10.4. The van der Waals surface area contributed by atoms with Crippen LogP contribution in [0.25, 0.3) is 0 Å². The minimum absolute atomic E-state index is 0.0475. The highest BCUT2D eigenvalue weighted by Gasteiger charge is 2.27. The van der Waals surface area contributed by atoms with E-state index in [1.165, 1.54) is 22.5 Å². The molecule has 0 unspecified atom stereocenters. The average Bonchev–Trinajstić information content (AvgIpc) is 2.69. The smallest absolute Gasteiger partial charge is 0.253 e. The number of carbonyl (C=O) groups excluding carboxylic acids is 1. The first kappa shape index (κ1) is 19.8. The Hall–Kier alpha value is -1.93. The maximum Gasteiger partial charge on any atom is 0.253 e. The Bertz CT molecular complexity index is 913. The van der Waals surface area contributed by atoms with Crippen molar-refractivity contribution in [3.05, 3.63) is 64.7 Å². The number of carbonyl (C=O) groups is 1. The van der Waals surface area contributed by atoms with Crippen LogP contribution in [-0.4, -0.2) is 44.9 Å². The van der Waals surface area contributed by atoms with Crippen molar-refractivity contribution in [2.45, 2.75) is 17.9 Å². The number of nitrogens with one attached hydrogen (secondary N) is 1. The van der Waals surface area contributed by atoms with Crippen LogP contribution in [0.3, 0.4) is 0 Å². The molecule has 0 saturated carbocycles. The number of ether oxygens (including phenoxy) is 1. The fraction of sp³-hybridized carbons (Fsp3) is 0.316. The molecule has 1 N–H and O–H groups in total. The first-order valence-electron chi connectivity index (χ1n) is 8.63. The molecule has 1 fully saturated rings. The molecule has 1 aliphatic rings. The van der Waals surface area contributed by atoms with E-state index in [4.69, 9.17) is 16.3 Å². The molecule has 3 rings (SSSR count). The molecule has 27 heavy (non-hydrogen) atoms. The van der Waals surface area contributed by atoms with Gasteiger partial charge in [0.25, 0.3) is 5.91 Å². The number of hydrogen-bond donors (Lipinski definition) is 1. The number of amides is 1. The maximum absolute atomic E-state index is 12.8. The molecule has 6 nitrogen and oxygen atoms in total. The molecular weight excluding hydrogens is 388 g/mol. The third kappa shape index (κ3) is 4.50. The van der Waals surface area contributed by atoms with Crippen LogP contribution >= 0.6 is 11.6 Å². The van der Waals surface area contributed by atoms with Gasteiger partial charge < -0.3 is 10.1 Å². The van der Waals surface area contributed by atoms with Crippen molar-refractivity contribution in [3.8, 4) is 0 Å². The Kier molecular flexibility index (Phi) is 6.16. The molecule has 0 radical (unpaired) electrons. The molecule has 0 spiro atoms. The van der Waals surface area contributed by atoms with Crippen molar-refractivity contribution < 1.29 is 17.9 Å². The second-order valence-electron chi connectivity index (χ2n) is 6.26. The largest absolute Gasteiger partial charge is 0.379 e. The first-order chi connectivity index (χ1) is 12.9. The molecule has 8 heteroatoms. The molecule has 1 heterocycles. The lowest BCUT2D eigenvalue weighted by Crippen LogP contribution is -2.40. The zero-order valence-electron chi connectivity index (χ0n) is 14.9. The minimum atomic E-state index is -3.70. The molecule has 1 atom stereocenters. The lowest BCUT2D eigenvalue weighted by Gasteiger charge is -2.26. The normalized spacial score (nSPS) is 16.7. The monoisotopic (exact) mass is 408 g/mol. The molecule has 1 amide bonds. The van der Waals surface area contributed by atoms with Gasteiger partial charge in [-0.25, -0.2) is 8.42 Å². The van der Waals surface area contributed by atoms with Crippen LogP contribution in [0.2, 0.25) is 5.02 Å². The molecular formula is C19H21ClN2O4S. The van der Waals surface area contributed by atoms with Gasteiger partial charge in [0, 0.05) is 13.1 Å². The summed E-state index contributed by atoms with van der Waals surface area (Å²) in [7, 11) is -3.70. The summed E-state index contributed by atoms with van der Waals surface area (Å²) < 4.78 is 32.2. The SMILES string of the molecule is C[C@H](NC(=O)c1cc(S(=O)(=O)N2CCOCC2)ccc1Cl)c1ccccc1. The summed E-state index contributed by atoms with van der Waals surface area (Å²) in [5, 5.41) is 3.06. The number of halogens is 1. The van der Waals surface area contributed by atoms with Gasteiger partial charge in [-0.3, -0.25) is 4.79 Å². The van der Waals surface area contributed by atoms with Gasteiger partial charge in [-0.15, -0.1) is 0 Å². The third-order valence-corrected chi connectivity index (χ3v) is 6.66. The van der Waals surface area contributed by atoms with Gasteiger partial charge >= 0.3 is 0 Å². The summed E-state index contributed by atoms with van der Waals surface area (Å²) in [6.07, 6.45) is 0. The lowest BCUT2D eigenvalue weighted by atomic mass is 10.1. The molecule has 0 bridgehead atoms. The van der Waals surface area contributed by atoms with Crippen LogP contribution in [0, 0.1) is 0 Å². The Labute approximate surface area is 164 Å². The van der Waals surface area contributed by atoms with Crippen LogP contribution in [0.1, 0.15) is 28.9 Å². The van der Waals surface area contributed by atoms with Crippen LogP contribution in [0.4, 0.5) is 0 Å². The Morgan fingerprint density at radius 2 is 1.81 bits per heavy atom. The zero-order chi connectivity index (χ0) is 19.4. The summed E-state index contributed by atoms with van der Waals surface area (Å²) in [6.45, 7) is 3.15. The van der Waals surface area contributed by atoms with Gasteiger partial charge in [0.1, 0.15) is 0 Å². The quantitative estimate of drug-likeness (QED) is 0.825. The summed E-state index contributed by atoms with van der Waals surface area (Å²) in [4.78, 5) is 12.7. The molecule has 1 aliphatic heterocycles. The van der Waals surface area contributed by atoms with Gasteiger partial charge in [-0.2, -0.15) is 4.31 Å². The van der Waals surface area contributed by atoms with Gasteiger partial charge in [0.2, 0.25) is 10.0 Å². The highest BCUT2D eigenvalue weighted by atomic mass is 35.5. The van der Waals surface area contributed by atoms with E-state index in [9.17, 15) is 13.2 Å². The number of nitrogens with zero attached hydrogens (tertiary/aromatic N) is 1. The van der Waals surface area contributed by atoms with E-state index in [1.54, 1.807) is 0 Å². The minimum Gasteiger partial charge on any atom is -0.379 e. The summed E-state index contributed by atoms with van der Waals surface area (Å²) in [5.74, 6) is -0.421. The van der Waals surface area contributed by atoms with E-state index in [2.05, 4.69) is 5.32 Å². The topological polar surface area (TPSA) is 75.7 Å². The molecule has 2 aromatic carbocycles. The third-order valence-electron chi connectivity index (χ3n) is 4.44. The molecule has 144 valence electrons. The van der Waals surface area contributed by atoms with E-state index in [0.717, 1.165) is 5.56 Å². The van der Waals surface area contributed by atoms with Gasteiger partial charge in [0.05, 0.1) is 34.7 Å². The number of morpholine rings is 1.